The van der Waals surface area contributed by atoms with Crippen molar-refractivity contribution < 1.29 is 0 Å². The third-order valence-corrected chi connectivity index (χ3v) is 2.72. The Morgan fingerprint density at radius 1 is 1.33 bits per heavy atom. The van der Waals surface area contributed by atoms with Gasteiger partial charge in [0.2, 0.25) is 0 Å². The summed E-state index contributed by atoms with van der Waals surface area (Å²) in [7, 11) is 0. The van der Waals surface area contributed by atoms with Crippen molar-refractivity contribution in [2.45, 2.75) is 20.3 Å². The van der Waals surface area contributed by atoms with Crippen LogP contribution in [0.1, 0.15) is 19.4 Å². The van der Waals surface area contributed by atoms with E-state index in [-0.39, 0.29) is 5.41 Å². The van der Waals surface area contributed by atoms with Gasteiger partial charge >= 0.3 is 0 Å². The molecule has 0 saturated carbocycles. The number of hydrogen-bond acceptors (Lipinski definition) is 1. The van der Waals surface area contributed by atoms with Crippen molar-refractivity contribution in [1.29, 1.82) is 0 Å². The van der Waals surface area contributed by atoms with Gasteiger partial charge in [0.1, 0.15) is 0 Å². The lowest BCUT2D eigenvalue weighted by Crippen LogP contribution is -2.31. The minimum absolute atomic E-state index is 0.150. The molecule has 0 bridgehead atoms. The van der Waals surface area contributed by atoms with Crippen molar-refractivity contribution in [3.63, 3.8) is 0 Å². The molecule has 0 saturated heterocycles. The van der Waals surface area contributed by atoms with Gasteiger partial charge in [0.15, 0.2) is 0 Å². The lowest BCUT2D eigenvalue weighted by Gasteiger charge is -2.26. The first kappa shape index (κ1) is 12.0. The number of nitrogens with one attached hydrogen (secondary N) is 1. The van der Waals surface area contributed by atoms with E-state index in [0.717, 1.165) is 19.5 Å². The predicted octanol–water partition coefficient (Wildman–Crippen LogP) is 3.03. The molecule has 1 rings (SSSR count). The summed E-state index contributed by atoms with van der Waals surface area (Å²) >= 11 is 0. The molecule has 82 valence electrons. The van der Waals surface area contributed by atoms with E-state index in [1.165, 1.54) is 5.56 Å². The molecule has 0 aliphatic rings. The monoisotopic (exact) mass is 203 g/mol. The minimum Gasteiger partial charge on any atom is -0.316 e. The van der Waals surface area contributed by atoms with Crippen molar-refractivity contribution in [2.24, 2.45) is 5.41 Å². The number of benzene rings is 1. The Morgan fingerprint density at radius 3 is 2.53 bits per heavy atom. The average Bonchev–Trinajstić information content (AvgIpc) is 2.28. The topological polar surface area (TPSA) is 12.0 Å². The third kappa shape index (κ3) is 3.88. The lowest BCUT2D eigenvalue weighted by molar-refractivity contribution is 0.396. The van der Waals surface area contributed by atoms with Gasteiger partial charge in [-0.05, 0) is 18.5 Å². The second kappa shape index (κ2) is 5.72. The summed E-state index contributed by atoms with van der Waals surface area (Å²) in [4.78, 5) is 0. The molecule has 1 aromatic rings. The van der Waals surface area contributed by atoms with Gasteiger partial charge in [-0.1, -0.05) is 50.3 Å². The van der Waals surface area contributed by atoms with Crippen LogP contribution in [0.4, 0.5) is 0 Å². The van der Waals surface area contributed by atoms with Crippen LogP contribution < -0.4 is 5.32 Å². The van der Waals surface area contributed by atoms with E-state index in [1.54, 1.807) is 0 Å². The smallest absolute Gasteiger partial charge is 0.00428 e. The zero-order chi connectivity index (χ0) is 11.1. The molecule has 0 amide bonds. The van der Waals surface area contributed by atoms with E-state index in [4.69, 9.17) is 0 Å². The molecule has 0 spiro atoms. The molecular formula is C14H21N. The molecule has 1 aromatic carbocycles. The van der Waals surface area contributed by atoms with Gasteiger partial charge in [0.05, 0.1) is 0 Å². The Hall–Kier alpha value is -1.08. The molecule has 0 aromatic heterocycles. The molecule has 15 heavy (non-hydrogen) atoms. The fraction of sp³-hybridized carbons (Fsp3) is 0.429. The highest BCUT2D eigenvalue weighted by Gasteiger charge is 2.19. The standard InChI is InChI=1S/C14H21N/c1-4-14(3,12-15-5-2)11-13-9-7-6-8-10-13/h4,6-10,15H,1,5,11-12H2,2-3H3. The summed E-state index contributed by atoms with van der Waals surface area (Å²) in [6.07, 6.45) is 3.10. The summed E-state index contributed by atoms with van der Waals surface area (Å²) in [6.45, 7) is 10.3. The van der Waals surface area contributed by atoms with Crippen LogP contribution in [-0.2, 0) is 6.42 Å². The van der Waals surface area contributed by atoms with Crippen LogP contribution in [0.15, 0.2) is 43.0 Å². The Kier molecular flexibility index (Phi) is 4.57. The molecular weight excluding hydrogens is 182 g/mol. The summed E-state index contributed by atoms with van der Waals surface area (Å²) in [5, 5.41) is 3.39. The first-order chi connectivity index (χ1) is 7.20. The highest BCUT2D eigenvalue weighted by atomic mass is 14.9. The van der Waals surface area contributed by atoms with E-state index < -0.39 is 0 Å². The zero-order valence-corrected chi connectivity index (χ0v) is 9.79. The molecule has 0 aliphatic heterocycles. The predicted molar refractivity (Wildman–Crippen MR) is 67.0 cm³/mol. The molecule has 0 heterocycles. The van der Waals surface area contributed by atoms with Crippen LogP contribution in [-0.4, -0.2) is 13.1 Å². The molecule has 1 nitrogen and oxygen atoms in total. The summed E-state index contributed by atoms with van der Waals surface area (Å²) in [5.41, 5.74) is 1.52. The molecule has 1 N–H and O–H groups in total. The SMILES string of the molecule is C=CC(C)(CNCC)Cc1ccccc1. The van der Waals surface area contributed by atoms with Crippen LogP contribution in [0.25, 0.3) is 0 Å². The van der Waals surface area contributed by atoms with Crippen LogP contribution in [0.3, 0.4) is 0 Å². The highest BCUT2D eigenvalue weighted by Crippen LogP contribution is 2.22. The number of rotatable bonds is 6. The Labute approximate surface area is 93.2 Å². The fourth-order valence-electron chi connectivity index (χ4n) is 1.68. The number of hydrogen-bond donors (Lipinski definition) is 1. The molecule has 1 heteroatoms. The van der Waals surface area contributed by atoms with Crippen LogP contribution >= 0.6 is 0 Å². The maximum Gasteiger partial charge on any atom is 0.00428 e. The van der Waals surface area contributed by atoms with E-state index in [2.05, 4.69) is 62.2 Å². The van der Waals surface area contributed by atoms with Gasteiger partial charge in [0.25, 0.3) is 0 Å². The second-order valence-electron chi connectivity index (χ2n) is 4.30. The zero-order valence-electron chi connectivity index (χ0n) is 9.79. The van der Waals surface area contributed by atoms with Crippen molar-refractivity contribution >= 4 is 0 Å². The largest absolute Gasteiger partial charge is 0.316 e. The van der Waals surface area contributed by atoms with Gasteiger partial charge in [0, 0.05) is 12.0 Å². The minimum atomic E-state index is 0.150. The first-order valence-electron chi connectivity index (χ1n) is 5.58. The summed E-state index contributed by atoms with van der Waals surface area (Å²) < 4.78 is 0. The average molecular weight is 203 g/mol. The van der Waals surface area contributed by atoms with Gasteiger partial charge in [-0.2, -0.15) is 0 Å². The molecule has 0 fully saturated rings. The van der Waals surface area contributed by atoms with E-state index in [1.807, 2.05) is 0 Å². The van der Waals surface area contributed by atoms with Crippen LogP contribution in [0.2, 0.25) is 0 Å². The van der Waals surface area contributed by atoms with E-state index in [9.17, 15) is 0 Å². The summed E-state index contributed by atoms with van der Waals surface area (Å²) in [6, 6.07) is 10.6. The van der Waals surface area contributed by atoms with Gasteiger partial charge in [-0.15, -0.1) is 6.58 Å². The fourth-order valence-corrected chi connectivity index (χ4v) is 1.68. The van der Waals surface area contributed by atoms with Crippen LogP contribution in [0.5, 0.6) is 0 Å². The van der Waals surface area contributed by atoms with Crippen molar-refractivity contribution in [3.8, 4) is 0 Å². The van der Waals surface area contributed by atoms with Crippen molar-refractivity contribution in [3.05, 3.63) is 48.6 Å². The highest BCUT2D eigenvalue weighted by molar-refractivity contribution is 5.18. The normalized spacial score (nSPS) is 14.5. The van der Waals surface area contributed by atoms with Crippen molar-refractivity contribution in [1.82, 2.24) is 5.32 Å². The first-order valence-corrected chi connectivity index (χ1v) is 5.58. The summed E-state index contributed by atoms with van der Waals surface area (Å²) in [5.74, 6) is 0. The van der Waals surface area contributed by atoms with Gasteiger partial charge < -0.3 is 5.32 Å². The molecule has 1 unspecified atom stereocenters. The quantitative estimate of drug-likeness (QED) is 0.701. The lowest BCUT2D eigenvalue weighted by atomic mass is 9.83. The van der Waals surface area contributed by atoms with E-state index >= 15 is 0 Å². The Bertz CT molecular complexity index is 291. The van der Waals surface area contributed by atoms with Crippen LogP contribution in [0, 0.1) is 5.41 Å². The Balaban J connectivity index is 2.63. The second-order valence-corrected chi connectivity index (χ2v) is 4.30. The molecule has 1 atom stereocenters. The maximum atomic E-state index is 3.94. The molecule has 0 radical (unpaired) electrons. The van der Waals surface area contributed by atoms with Crippen molar-refractivity contribution in [2.75, 3.05) is 13.1 Å². The molecule has 0 aliphatic carbocycles. The van der Waals surface area contributed by atoms with Gasteiger partial charge in [-0.3, -0.25) is 0 Å². The van der Waals surface area contributed by atoms with Gasteiger partial charge in [-0.25, -0.2) is 0 Å². The Morgan fingerprint density at radius 2 is 2.00 bits per heavy atom. The maximum absolute atomic E-state index is 3.94. The third-order valence-electron chi connectivity index (χ3n) is 2.72. The van der Waals surface area contributed by atoms with E-state index in [0.29, 0.717) is 0 Å².